The van der Waals surface area contributed by atoms with Crippen LogP contribution < -0.4 is 10.0 Å². The standard InChI is InChI=1S/C14H18ClF3N6O2S/c1-8-20-13(12-10(14(16,17)18)7-11(15)24(12)21-8)23-5-3-9(4-6-23)22(2)27(19,25)26/h7,9H,3-6H2,1-2H3,(H2,19,25,26). The van der Waals surface area contributed by atoms with Crippen molar-refractivity contribution in [1.82, 2.24) is 18.9 Å². The molecular weight excluding hydrogens is 409 g/mol. The fourth-order valence-corrected chi connectivity index (χ4v) is 4.10. The van der Waals surface area contributed by atoms with Crippen LogP contribution in [0.1, 0.15) is 24.2 Å². The van der Waals surface area contributed by atoms with Crippen LogP contribution in [0.3, 0.4) is 0 Å². The first kappa shape index (κ1) is 20.1. The quantitative estimate of drug-likeness (QED) is 0.807. The van der Waals surface area contributed by atoms with Gasteiger partial charge in [0, 0.05) is 26.2 Å². The second-order valence-electron chi connectivity index (χ2n) is 6.40. The topological polar surface area (TPSA) is 96.8 Å². The van der Waals surface area contributed by atoms with E-state index in [4.69, 9.17) is 16.7 Å². The molecule has 0 atom stereocenters. The molecule has 8 nitrogen and oxygen atoms in total. The van der Waals surface area contributed by atoms with Crippen molar-refractivity contribution in [2.24, 2.45) is 5.14 Å². The largest absolute Gasteiger partial charge is 0.418 e. The molecule has 1 saturated heterocycles. The first-order valence-electron chi connectivity index (χ1n) is 8.03. The monoisotopic (exact) mass is 426 g/mol. The molecule has 1 aliphatic rings. The Balaban J connectivity index is 1.99. The molecule has 3 heterocycles. The molecule has 0 unspecified atom stereocenters. The molecule has 1 fully saturated rings. The second kappa shape index (κ2) is 6.76. The van der Waals surface area contributed by atoms with E-state index in [1.54, 1.807) is 11.8 Å². The summed E-state index contributed by atoms with van der Waals surface area (Å²) in [6.07, 6.45) is -3.81. The molecule has 0 aliphatic carbocycles. The van der Waals surface area contributed by atoms with E-state index < -0.39 is 21.9 Å². The molecule has 13 heteroatoms. The highest BCUT2D eigenvalue weighted by Gasteiger charge is 2.38. The third kappa shape index (κ3) is 3.84. The van der Waals surface area contributed by atoms with Crippen LogP contribution in [0.15, 0.2) is 6.07 Å². The number of rotatable bonds is 3. The van der Waals surface area contributed by atoms with Crippen LogP contribution in [-0.2, 0) is 16.4 Å². The van der Waals surface area contributed by atoms with Gasteiger partial charge in [0.1, 0.15) is 16.5 Å². The van der Waals surface area contributed by atoms with Gasteiger partial charge in [0.05, 0.1) is 5.56 Å². The number of aromatic nitrogens is 3. The number of halogens is 4. The van der Waals surface area contributed by atoms with E-state index in [0.717, 1.165) is 14.9 Å². The van der Waals surface area contributed by atoms with Crippen LogP contribution in [-0.4, -0.2) is 53.5 Å². The van der Waals surface area contributed by atoms with Gasteiger partial charge in [-0.05, 0) is 25.8 Å². The number of piperidine rings is 1. The van der Waals surface area contributed by atoms with E-state index in [-0.39, 0.29) is 28.4 Å². The number of alkyl halides is 3. The van der Waals surface area contributed by atoms with Gasteiger partial charge in [-0.2, -0.15) is 31.0 Å². The van der Waals surface area contributed by atoms with Crippen LogP contribution in [0.4, 0.5) is 19.0 Å². The molecular formula is C14H18ClF3N6O2S. The fourth-order valence-electron chi connectivity index (χ4n) is 3.24. The SMILES string of the molecule is Cc1nc(N2CCC(N(C)S(N)(=O)=O)CC2)c2c(C(F)(F)F)cc(Cl)n2n1. The lowest BCUT2D eigenvalue weighted by molar-refractivity contribution is -0.136. The van der Waals surface area contributed by atoms with E-state index in [1.165, 1.54) is 7.05 Å². The van der Waals surface area contributed by atoms with Gasteiger partial charge in [-0.1, -0.05) is 11.6 Å². The van der Waals surface area contributed by atoms with E-state index >= 15 is 0 Å². The summed E-state index contributed by atoms with van der Waals surface area (Å²) in [5.41, 5.74) is -1.12. The van der Waals surface area contributed by atoms with Crippen molar-refractivity contribution in [3.05, 3.63) is 22.6 Å². The van der Waals surface area contributed by atoms with Crippen molar-refractivity contribution in [3.8, 4) is 0 Å². The highest BCUT2D eigenvalue weighted by atomic mass is 35.5. The maximum absolute atomic E-state index is 13.4. The zero-order valence-corrected chi connectivity index (χ0v) is 16.1. The smallest absolute Gasteiger partial charge is 0.355 e. The van der Waals surface area contributed by atoms with E-state index in [2.05, 4.69) is 10.1 Å². The Hall–Kier alpha value is -1.63. The van der Waals surface area contributed by atoms with Crippen LogP contribution >= 0.6 is 11.6 Å². The Bertz CT molecular complexity index is 969. The van der Waals surface area contributed by atoms with Gasteiger partial charge in [-0.15, -0.1) is 0 Å². The number of hydrogen-bond acceptors (Lipinski definition) is 5. The fraction of sp³-hybridized carbons (Fsp3) is 0.571. The minimum atomic E-state index is -4.61. The van der Waals surface area contributed by atoms with Gasteiger partial charge in [0.2, 0.25) is 0 Å². The number of aryl methyl sites for hydroxylation is 1. The zero-order chi connectivity index (χ0) is 20.1. The molecule has 0 saturated carbocycles. The summed E-state index contributed by atoms with van der Waals surface area (Å²) in [4.78, 5) is 5.89. The van der Waals surface area contributed by atoms with Gasteiger partial charge in [-0.3, -0.25) is 0 Å². The third-order valence-corrected chi connectivity index (χ3v) is 6.01. The first-order valence-corrected chi connectivity index (χ1v) is 9.91. The Labute approximate surface area is 158 Å². The molecule has 2 N–H and O–H groups in total. The molecule has 2 aromatic heterocycles. The Kier molecular flexibility index (Phi) is 5.04. The molecule has 0 bridgehead atoms. The first-order chi connectivity index (χ1) is 12.4. The van der Waals surface area contributed by atoms with Gasteiger partial charge in [0.15, 0.2) is 5.82 Å². The van der Waals surface area contributed by atoms with Crippen LogP contribution in [0.5, 0.6) is 0 Å². The van der Waals surface area contributed by atoms with Crippen molar-refractivity contribution >= 4 is 33.1 Å². The Morgan fingerprint density at radius 3 is 2.44 bits per heavy atom. The molecule has 0 radical (unpaired) electrons. The van der Waals surface area contributed by atoms with Crippen molar-refractivity contribution in [2.75, 3.05) is 25.0 Å². The number of nitrogens with two attached hydrogens (primary N) is 1. The van der Waals surface area contributed by atoms with Crippen molar-refractivity contribution in [1.29, 1.82) is 0 Å². The van der Waals surface area contributed by atoms with Crippen molar-refractivity contribution in [2.45, 2.75) is 32.0 Å². The molecule has 1 aliphatic heterocycles. The van der Waals surface area contributed by atoms with E-state index in [0.29, 0.717) is 25.9 Å². The number of hydrogen-bond donors (Lipinski definition) is 1. The Morgan fingerprint density at radius 2 is 1.93 bits per heavy atom. The summed E-state index contributed by atoms with van der Waals surface area (Å²) in [6, 6.07) is 0.503. The molecule has 2 aromatic rings. The number of anilines is 1. The summed E-state index contributed by atoms with van der Waals surface area (Å²) < 4.78 is 65.4. The highest BCUT2D eigenvalue weighted by Crippen LogP contribution is 2.39. The summed E-state index contributed by atoms with van der Waals surface area (Å²) in [5, 5.41) is 8.97. The van der Waals surface area contributed by atoms with Gasteiger partial charge in [0.25, 0.3) is 10.2 Å². The van der Waals surface area contributed by atoms with Crippen LogP contribution in [0, 0.1) is 6.92 Å². The molecule has 0 spiro atoms. The molecule has 27 heavy (non-hydrogen) atoms. The van der Waals surface area contributed by atoms with Crippen molar-refractivity contribution in [3.63, 3.8) is 0 Å². The summed E-state index contributed by atoms with van der Waals surface area (Å²) in [7, 11) is -2.44. The third-order valence-electron chi connectivity index (χ3n) is 4.64. The second-order valence-corrected chi connectivity index (χ2v) is 8.39. The number of fused-ring (bicyclic) bond motifs is 1. The van der Waals surface area contributed by atoms with Crippen molar-refractivity contribution < 1.29 is 21.6 Å². The zero-order valence-electron chi connectivity index (χ0n) is 14.5. The molecule has 3 rings (SSSR count). The average Bonchev–Trinajstić information content (AvgIpc) is 2.90. The Morgan fingerprint density at radius 1 is 1.33 bits per heavy atom. The maximum Gasteiger partial charge on any atom is 0.418 e. The maximum atomic E-state index is 13.4. The van der Waals surface area contributed by atoms with Gasteiger partial charge in [-0.25, -0.2) is 14.6 Å². The molecule has 0 amide bonds. The lowest BCUT2D eigenvalue weighted by atomic mass is 10.1. The predicted molar refractivity (Wildman–Crippen MR) is 93.8 cm³/mol. The molecule has 0 aromatic carbocycles. The lowest BCUT2D eigenvalue weighted by Crippen LogP contribution is -2.48. The lowest BCUT2D eigenvalue weighted by Gasteiger charge is -2.36. The predicted octanol–water partition coefficient (Wildman–Crippen LogP) is 1.81. The normalized spacial score (nSPS) is 17.3. The minimum Gasteiger partial charge on any atom is -0.355 e. The van der Waals surface area contributed by atoms with E-state index in [9.17, 15) is 21.6 Å². The van der Waals surface area contributed by atoms with Gasteiger partial charge < -0.3 is 4.90 Å². The minimum absolute atomic E-state index is 0.124. The average molecular weight is 427 g/mol. The van der Waals surface area contributed by atoms with Crippen LogP contribution in [0.2, 0.25) is 5.15 Å². The highest BCUT2D eigenvalue weighted by molar-refractivity contribution is 7.86. The molecule has 150 valence electrons. The summed E-state index contributed by atoms with van der Waals surface area (Å²) in [5.74, 6) is 0.394. The summed E-state index contributed by atoms with van der Waals surface area (Å²) >= 11 is 5.95. The van der Waals surface area contributed by atoms with E-state index in [1.807, 2.05) is 0 Å². The van der Waals surface area contributed by atoms with Crippen LogP contribution in [0.25, 0.3) is 5.52 Å². The summed E-state index contributed by atoms with van der Waals surface area (Å²) in [6.45, 7) is 2.20. The van der Waals surface area contributed by atoms with Gasteiger partial charge >= 0.3 is 6.18 Å². The number of nitrogens with zero attached hydrogens (tertiary/aromatic N) is 5.